The number of carboxylic acid groups (broad SMARTS) is 1. The van der Waals surface area contributed by atoms with Crippen LogP contribution >= 0.6 is 0 Å². The lowest BCUT2D eigenvalue weighted by Gasteiger charge is -2.34. The van der Waals surface area contributed by atoms with Gasteiger partial charge >= 0.3 is 6.09 Å². The zero-order valence-corrected chi connectivity index (χ0v) is 11.0. The molecule has 1 N–H and O–H groups in total. The molecule has 0 radical (unpaired) electrons. The fourth-order valence-electron chi connectivity index (χ4n) is 2.23. The fourth-order valence-corrected chi connectivity index (χ4v) is 2.23. The highest BCUT2D eigenvalue weighted by Crippen LogP contribution is 2.21. The molecule has 0 spiro atoms. The molecule has 1 aliphatic heterocycles. The van der Waals surface area contributed by atoms with E-state index in [2.05, 4.69) is 43.0 Å². The zero-order chi connectivity index (χ0) is 13.1. The first-order valence-electron chi connectivity index (χ1n) is 6.40. The number of carbonyl (C=O) groups is 1. The minimum atomic E-state index is -0.815. The zero-order valence-electron chi connectivity index (χ0n) is 11.0. The van der Waals surface area contributed by atoms with Gasteiger partial charge in [0.15, 0.2) is 0 Å². The van der Waals surface area contributed by atoms with Crippen molar-refractivity contribution in [2.75, 3.05) is 31.1 Å². The predicted molar refractivity (Wildman–Crippen MR) is 72.3 cm³/mol. The highest BCUT2D eigenvalue weighted by atomic mass is 16.4. The van der Waals surface area contributed by atoms with Crippen LogP contribution in [0.25, 0.3) is 0 Å². The molecule has 0 atom stereocenters. The first-order valence-corrected chi connectivity index (χ1v) is 6.40. The molecule has 1 aromatic carbocycles. The van der Waals surface area contributed by atoms with E-state index in [1.165, 1.54) is 16.2 Å². The molecule has 1 heterocycles. The summed E-state index contributed by atoms with van der Waals surface area (Å²) in [5.41, 5.74) is 2.52. The fraction of sp³-hybridized carbons (Fsp3) is 0.500. The molecule has 1 aliphatic rings. The van der Waals surface area contributed by atoms with Gasteiger partial charge in [0.05, 0.1) is 0 Å². The van der Waals surface area contributed by atoms with Gasteiger partial charge in [-0.15, -0.1) is 0 Å². The van der Waals surface area contributed by atoms with Crippen LogP contribution in [0.1, 0.15) is 25.3 Å². The van der Waals surface area contributed by atoms with Gasteiger partial charge < -0.3 is 14.9 Å². The van der Waals surface area contributed by atoms with Gasteiger partial charge in [0.1, 0.15) is 0 Å². The van der Waals surface area contributed by atoms with Gasteiger partial charge in [-0.3, -0.25) is 0 Å². The highest BCUT2D eigenvalue weighted by molar-refractivity contribution is 5.65. The molecule has 98 valence electrons. The lowest BCUT2D eigenvalue weighted by Crippen LogP contribution is -2.48. The number of amides is 1. The summed E-state index contributed by atoms with van der Waals surface area (Å²) in [5, 5.41) is 8.90. The van der Waals surface area contributed by atoms with Crippen molar-refractivity contribution in [3.05, 3.63) is 29.8 Å². The van der Waals surface area contributed by atoms with Crippen LogP contribution in [-0.4, -0.2) is 42.3 Å². The number of benzene rings is 1. The molecule has 0 bridgehead atoms. The summed E-state index contributed by atoms with van der Waals surface area (Å²) >= 11 is 0. The second-order valence-corrected chi connectivity index (χ2v) is 5.00. The van der Waals surface area contributed by atoms with Crippen LogP contribution in [0.2, 0.25) is 0 Å². The summed E-state index contributed by atoms with van der Waals surface area (Å²) in [6.07, 6.45) is -0.815. The topological polar surface area (TPSA) is 43.8 Å². The number of anilines is 1. The third-order valence-electron chi connectivity index (χ3n) is 3.48. The van der Waals surface area contributed by atoms with Gasteiger partial charge in [0.2, 0.25) is 0 Å². The van der Waals surface area contributed by atoms with Crippen LogP contribution in [0.5, 0.6) is 0 Å². The van der Waals surface area contributed by atoms with Gasteiger partial charge in [0, 0.05) is 31.9 Å². The lowest BCUT2D eigenvalue weighted by atomic mass is 10.0. The minimum absolute atomic E-state index is 0.544. The van der Waals surface area contributed by atoms with Gasteiger partial charge in [-0.2, -0.15) is 0 Å². The van der Waals surface area contributed by atoms with Crippen molar-refractivity contribution in [3.8, 4) is 0 Å². The predicted octanol–water partition coefficient (Wildman–Crippen LogP) is 2.61. The number of hydrogen-bond donors (Lipinski definition) is 1. The average molecular weight is 248 g/mol. The third kappa shape index (κ3) is 2.75. The van der Waals surface area contributed by atoms with Crippen molar-refractivity contribution in [1.29, 1.82) is 0 Å². The Morgan fingerprint density at radius 1 is 1.11 bits per heavy atom. The number of nitrogens with zero attached hydrogens (tertiary/aromatic N) is 2. The van der Waals surface area contributed by atoms with Crippen molar-refractivity contribution in [2.24, 2.45) is 0 Å². The van der Waals surface area contributed by atoms with Crippen LogP contribution < -0.4 is 4.90 Å². The average Bonchev–Trinajstić information content (AvgIpc) is 2.39. The first-order chi connectivity index (χ1) is 8.58. The summed E-state index contributed by atoms with van der Waals surface area (Å²) in [6, 6.07) is 8.57. The van der Waals surface area contributed by atoms with E-state index in [1.807, 2.05) is 0 Å². The second kappa shape index (κ2) is 5.29. The third-order valence-corrected chi connectivity index (χ3v) is 3.48. The number of piperazine rings is 1. The molecule has 4 heteroatoms. The van der Waals surface area contributed by atoms with E-state index < -0.39 is 6.09 Å². The molecule has 0 saturated carbocycles. The molecule has 0 aromatic heterocycles. The van der Waals surface area contributed by atoms with Gasteiger partial charge in [-0.25, -0.2) is 4.79 Å². The monoisotopic (exact) mass is 248 g/mol. The highest BCUT2D eigenvalue weighted by Gasteiger charge is 2.20. The first kappa shape index (κ1) is 12.7. The molecule has 2 rings (SSSR count). The summed E-state index contributed by atoms with van der Waals surface area (Å²) in [5.74, 6) is 0.544. The van der Waals surface area contributed by atoms with Crippen molar-refractivity contribution < 1.29 is 9.90 Å². The van der Waals surface area contributed by atoms with E-state index in [1.54, 1.807) is 0 Å². The van der Waals surface area contributed by atoms with Crippen LogP contribution in [0.4, 0.5) is 10.5 Å². The van der Waals surface area contributed by atoms with Crippen molar-refractivity contribution >= 4 is 11.8 Å². The normalized spacial score (nSPS) is 16.2. The van der Waals surface area contributed by atoms with Crippen LogP contribution in [-0.2, 0) is 0 Å². The van der Waals surface area contributed by atoms with E-state index in [0.29, 0.717) is 19.0 Å². The maximum atomic E-state index is 10.8. The summed E-state index contributed by atoms with van der Waals surface area (Å²) in [7, 11) is 0. The maximum absolute atomic E-state index is 10.8. The Balaban J connectivity index is 1.99. The van der Waals surface area contributed by atoms with Gasteiger partial charge in [-0.05, 0) is 23.6 Å². The molecule has 0 aliphatic carbocycles. The minimum Gasteiger partial charge on any atom is -0.465 e. The smallest absolute Gasteiger partial charge is 0.407 e. The summed E-state index contributed by atoms with van der Waals surface area (Å²) < 4.78 is 0. The van der Waals surface area contributed by atoms with Crippen molar-refractivity contribution in [2.45, 2.75) is 19.8 Å². The molecular formula is C14H20N2O2. The van der Waals surface area contributed by atoms with Crippen LogP contribution in [0, 0.1) is 0 Å². The Kier molecular flexibility index (Phi) is 3.75. The van der Waals surface area contributed by atoms with Crippen LogP contribution in [0.15, 0.2) is 24.3 Å². The maximum Gasteiger partial charge on any atom is 0.407 e. The number of rotatable bonds is 2. The Morgan fingerprint density at radius 2 is 1.67 bits per heavy atom. The Hall–Kier alpha value is -1.71. The molecule has 1 saturated heterocycles. The van der Waals surface area contributed by atoms with Crippen molar-refractivity contribution in [3.63, 3.8) is 0 Å². The second-order valence-electron chi connectivity index (χ2n) is 5.00. The van der Waals surface area contributed by atoms with E-state index in [9.17, 15) is 4.79 Å². The molecule has 1 amide bonds. The SMILES string of the molecule is CC(C)c1ccc(N2CCN(C(=O)O)CC2)cc1. The van der Waals surface area contributed by atoms with Crippen molar-refractivity contribution in [1.82, 2.24) is 4.90 Å². The molecule has 1 fully saturated rings. The number of hydrogen-bond acceptors (Lipinski definition) is 2. The molecule has 4 nitrogen and oxygen atoms in total. The molecule has 0 unspecified atom stereocenters. The largest absolute Gasteiger partial charge is 0.465 e. The molecule has 18 heavy (non-hydrogen) atoms. The van der Waals surface area contributed by atoms with E-state index in [0.717, 1.165) is 13.1 Å². The summed E-state index contributed by atoms with van der Waals surface area (Å²) in [6.45, 7) is 7.07. The van der Waals surface area contributed by atoms with Crippen LogP contribution in [0.3, 0.4) is 0 Å². The van der Waals surface area contributed by atoms with Gasteiger partial charge in [0.25, 0.3) is 0 Å². The lowest BCUT2D eigenvalue weighted by molar-refractivity contribution is 0.142. The van der Waals surface area contributed by atoms with Gasteiger partial charge in [-0.1, -0.05) is 26.0 Å². The molecule has 1 aromatic rings. The summed E-state index contributed by atoms with van der Waals surface area (Å²) in [4.78, 5) is 14.5. The standard InChI is InChI=1S/C14H20N2O2/c1-11(2)12-3-5-13(6-4-12)15-7-9-16(10-8-15)14(17)18/h3-6,11H,7-10H2,1-2H3,(H,17,18). The molecular weight excluding hydrogens is 228 g/mol. The Labute approximate surface area is 108 Å². The van der Waals surface area contributed by atoms with E-state index in [-0.39, 0.29) is 0 Å². The Morgan fingerprint density at radius 3 is 2.11 bits per heavy atom. The quantitative estimate of drug-likeness (QED) is 0.875. The van der Waals surface area contributed by atoms with E-state index in [4.69, 9.17) is 5.11 Å². The Bertz CT molecular complexity index is 406. The van der Waals surface area contributed by atoms with E-state index >= 15 is 0 Å².